The number of hydrogen-bond acceptors (Lipinski definition) is 4. The number of ether oxygens (including phenoxy) is 1. The lowest BCUT2D eigenvalue weighted by Crippen LogP contribution is -2.37. The van der Waals surface area contributed by atoms with Crippen molar-refractivity contribution in [3.8, 4) is 0 Å². The van der Waals surface area contributed by atoms with Gasteiger partial charge in [-0.3, -0.25) is 14.9 Å². The number of nitrogens with zero attached hydrogens (tertiary/aromatic N) is 1. The smallest absolute Gasteiger partial charge is 0.316 e. The largest absolute Gasteiger partial charge is 0.459 e. The minimum atomic E-state index is -1.32. The molecular weight excluding hydrogens is 265 g/mol. The summed E-state index contributed by atoms with van der Waals surface area (Å²) in [5, 5.41) is 11.0. The fraction of sp³-hybridized carbons (Fsp3) is 0.500. The number of nitro groups is 1. The number of nitro benzene ring substituents is 1. The van der Waals surface area contributed by atoms with E-state index in [0.717, 1.165) is 18.2 Å². The zero-order chi connectivity index (χ0) is 15.7. The maximum atomic E-state index is 13.4. The van der Waals surface area contributed by atoms with Crippen LogP contribution in [0.25, 0.3) is 0 Å². The number of carbonyl (C=O) groups excluding carboxylic acids is 1. The highest BCUT2D eigenvalue weighted by Gasteiger charge is 2.39. The van der Waals surface area contributed by atoms with Crippen LogP contribution in [0.15, 0.2) is 18.2 Å². The van der Waals surface area contributed by atoms with Crippen LogP contribution in [-0.2, 0) is 14.9 Å². The highest BCUT2D eigenvalue weighted by atomic mass is 19.1. The summed E-state index contributed by atoms with van der Waals surface area (Å²) in [7, 11) is 0. The van der Waals surface area contributed by atoms with Gasteiger partial charge in [0.25, 0.3) is 5.69 Å². The van der Waals surface area contributed by atoms with E-state index in [2.05, 4.69) is 0 Å². The van der Waals surface area contributed by atoms with Gasteiger partial charge in [0, 0.05) is 11.6 Å². The van der Waals surface area contributed by atoms with Crippen molar-refractivity contribution in [2.24, 2.45) is 0 Å². The summed E-state index contributed by atoms with van der Waals surface area (Å²) in [6, 6.07) is 3.05. The molecule has 1 aromatic rings. The lowest BCUT2D eigenvalue weighted by Gasteiger charge is -2.28. The number of esters is 1. The first-order valence-electron chi connectivity index (χ1n) is 6.13. The second kappa shape index (κ2) is 5.19. The average molecular weight is 283 g/mol. The molecule has 0 saturated heterocycles. The predicted molar refractivity (Wildman–Crippen MR) is 71.9 cm³/mol. The highest BCUT2D eigenvalue weighted by molar-refractivity contribution is 5.84. The first-order valence-corrected chi connectivity index (χ1v) is 6.13. The van der Waals surface area contributed by atoms with Gasteiger partial charge in [0.05, 0.1) is 10.3 Å². The van der Waals surface area contributed by atoms with E-state index in [1.54, 1.807) is 20.8 Å². The Kier molecular flexibility index (Phi) is 4.17. The summed E-state index contributed by atoms with van der Waals surface area (Å²) in [5.41, 5.74) is -2.35. The molecule has 110 valence electrons. The average Bonchev–Trinajstić information content (AvgIpc) is 2.25. The molecule has 0 fully saturated rings. The van der Waals surface area contributed by atoms with Crippen LogP contribution in [0.4, 0.5) is 10.1 Å². The first-order chi connectivity index (χ1) is 8.95. The van der Waals surface area contributed by atoms with E-state index in [-0.39, 0.29) is 11.3 Å². The maximum Gasteiger partial charge on any atom is 0.316 e. The molecular formula is C14H18FNO4. The summed E-state index contributed by atoms with van der Waals surface area (Å²) in [5.74, 6) is -1.28. The van der Waals surface area contributed by atoms with E-state index >= 15 is 0 Å². The number of hydrogen-bond donors (Lipinski definition) is 0. The van der Waals surface area contributed by atoms with Crippen LogP contribution in [0.1, 0.15) is 40.2 Å². The van der Waals surface area contributed by atoms with Crippen LogP contribution in [0.3, 0.4) is 0 Å². The third-order valence-corrected chi connectivity index (χ3v) is 2.74. The van der Waals surface area contributed by atoms with E-state index < -0.39 is 27.7 Å². The standard InChI is InChI=1S/C14H18FNO4/c1-13(2,3)20-12(17)14(4,5)10-8-9(15)6-7-11(10)16(18)19/h6-8H,1-5H3. The molecule has 6 heteroatoms. The number of carbonyl (C=O) groups is 1. The number of rotatable bonds is 3. The molecule has 0 saturated carbocycles. The number of benzene rings is 1. The summed E-state index contributed by atoms with van der Waals surface area (Å²) in [6.07, 6.45) is 0. The van der Waals surface area contributed by atoms with Gasteiger partial charge in [0.1, 0.15) is 11.4 Å². The third-order valence-electron chi connectivity index (χ3n) is 2.74. The fourth-order valence-corrected chi connectivity index (χ4v) is 1.68. The van der Waals surface area contributed by atoms with E-state index in [4.69, 9.17) is 4.74 Å². The van der Waals surface area contributed by atoms with Crippen molar-refractivity contribution < 1.29 is 18.8 Å². The van der Waals surface area contributed by atoms with Gasteiger partial charge >= 0.3 is 5.97 Å². The van der Waals surface area contributed by atoms with Gasteiger partial charge in [-0.2, -0.15) is 0 Å². The Balaban J connectivity index is 3.30. The Labute approximate surface area is 116 Å². The van der Waals surface area contributed by atoms with Crippen LogP contribution >= 0.6 is 0 Å². The van der Waals surface area contributed by atoms with Crippen LogP contribution in [0.5, 0.6) is 0 Å². The van der Waals surface area contributed by atoms with Gasteiger partial charge in [0.15, 0.2) is 0 Å². The lowest BCUT2D eigenvalue weighted by molar-refractivity contribution is -0.386. The van der Waals surface area contributed by atoms with Crippen molar-refractivity contribution in [2.45, 2.75) is 45.6 Å². The van der Waals surface area contributed by atoms with E-state index in [1.165, 1.54) is 13.8 Å². The van der Waals surface area contributed by atoms with Crippen LogP contribution in [-0.4, -0.2) is 16.5 Å². The molecule has 0 radical (unpaired) electrons. The molecule has 1 aromatic carbocycles. The van der Waals surface area contributed by atoms with Crippen molar-refractivity contribution in [3.05, 3.63) is 39.7 Å². The van der Waals surface area contributed by atoms with Crippen molar-refractivity contribution in [2.75, 3.05) is 0 Å². The summed E-state index contributed by atoms with van der Waals surface area (Å²) in [6.45, 7) is 8.04. The van der Waals surface area contributed by atoms with Crippen LogP contribution < -0.4 is 0 Å². The molecule has 0 aromatic heterocycles. The van der Waals surface area contributed by atoms with Gasteiger partial charge in [-0.05, 0) is 46.8 Å². The predicted octanol–water partition coefficient (Wildman–Crippen LogP) is 3.35. The van der Waals surface area contributed by atoms with Gasteiger partial charge in [-0.15, -0.1) is 0 Å². The summed E-state index contributed by atoms with van der Waals surface area (Å²) >= 11 is 0. The Hall–Kier alpha value is -1.98. The zero-order valence-electron chi connectivity index (χ0n) is 12.2. The van der Waals surface area contributed by atoms with Crippen LogP contribution in [0.2, 0.25) is 0 Å². The fourth-order valence-electron chi connectivity index (χ4n) is 1.68. The van der Waals surface area contributed by atoms with Gasteiger partial charge < -0.3 is 4.74 Å². The Morgan fingerprint density at radius 2 is 1.80 bits per heavy atom. The van der Waals surface area contributed by atoms with Crippen LogP contribution in [0, 0.1) is 15.9 Å². The summed E-state index contributed by atoms with van der Waals surface area (Å²) in [4.78, 5) is 22.6. The Morgan fingerprint density at radius 3 is 2.25 bits per heavy atom. The monoisotopic (exact) mass is 283 g/mol. The minimum Gasteiger partial charge on any atom is -0.459 e. The quantitative estimate of drug-likeness (QED) is 0.484. The molecule has 0 N–H and O–H groups in total. The van der Waals surface area contributed by atoms with Crippen molar-refractivity contribution in [1.29, 1.82) is 0 Å². The van der Waals surface area contributed by atoms with Crippen molar-refractivity contribution in [1.82, 2.24) is 0 Å². The maximum absolute atomic E-state index is 13.4. The van der Waals surface area contributed by atoms with Crippen molar-refractivity contribution in [3.63, 3.8) is 0 Å². The molecule has 0 bridgehead atoms. The molecule has 0 aliphatic carbocycles. The van der Waals surface area contributed by atoms with Crippen molar-refractivity contribution >= 4 is 11.7 Å². The highest BCUT2D eigenvalue weighted by Crippen LogP contribution is 2.34. The molecule has 0 atom stereocenters. The molecule has 0 heterocycles. The van der Waals surface area contributed by atoms with E-state index in [9.17, 15) is 19.3 Å². The molecule has 0 amide bonds. The molecule has 0 aliphatic rings. The topological polar surface area (TPSA) is 69.4 Å². The van der Waals surface area contributed by atoms with Gasteiger partial charge in [0.2, 0.25) is 0 Å². The molecule has 0 unspecified atom stereocenters. The summed E-state index contributed by atoms with van der Waals surface area (Å²) < 4.78 is 18.6. The second-order valence-corrected chi connectivity index (χ2v) is 6.05. The number of halogens is 1. The molecule has 5 nitrogen and oxygen atoms in total. The van der Waals surface area contributed by atoms with E-state index in [1.807, 2.05) is 0 Å². The molecule has 0 aliphatic heterocycles. The van der Waals surface area contributed by atoms with Gasteiger partial charge in [-0.25, -0.2) is 4.39 Å². The van der Waals surface area contributed by atoms with Gasteiger partial charge in [-0.1, -0.05) is 0 Å². The van der Waals surface area contributed by atoms with E-state index in [0.29, 0.717) is 0 Å². The SMILES string of the molecule is CC(C)(C)OC(=O)C(C)(C)c1cc(F)ccc1[N+](=O)[O-]. The lowest BCUT2D eigenvalue weighted by atomic mass is 9.83. The normalized spacial score (nSPS) is 12.1. The third kappa shape index (κ3) is 3.53. The Bertz CT molecular complexity index is 547. The Morgan fingerprint density at radius 1 is 1.25 bits per heavy atom. The second-order valence-electron chi connectivity index (χ2n) is 6.05. The molecule has 1 rings (SSSR count). The molecule has 20 heavy (non-hydrogen) atoms. The minimum absolute atomic E-state index is 0.00301. The zero-order valence-corrected chi connectivity index (χ0v) is 12.2. The first kappa shape index (κ1) is 16.1. The molecule has 0 spiro atoms.